The molecule has 0 saturated carbocycles. The highest BCUT2D eigenvalue weighted by atomic mass is 16.6. The normalized spacial score (nSPS) is 15.1. The van der Waals surface area contributed by atoms with E-state index in [1.165, 1.54) is 18.6 Å². The van der Waals surface area contributed by atoms with Crippen LogP contribution in [0.4, 0.5) is 11.4 Å². The fourth-order valence-corrected chi connectivity index (χ4v) is 2.13. The molecule has 1 aliphatic heterocycles. The van der Waals surface area contributed by atoms with E-state index in [4.69, 9.17) is 0 Å². The summed E-state index contributed by atoms with van der Waals surface area (Å²) in [6.45, 7) is 1.90. The van der Waals surface area contributed by atoms with Gasteiger partial charge in [-0.15, -0.1) is 0 Å². The van der Waals surface area contributed by atoms with Gasteiger partial charge in [0.15, 0.2) is 0 Å². The van der Waals surface area contributed by atoms with Crippen LogP contribution >= 0.6 is 0 Å². The topological polar surface area (TPSA) is 75.5 Å². The SMILES string of the molecule is O=C(CNc1ccc([N+](=O)[O-])cc1)N1CCCCC1. The molecule has 0 unspecified atom stereocenters. The number of hydrogen-bond acceptors (Lipinski definition) is 4. The van der Waals surface area contributed by atoms with Gasteiger partial charge in [0.25, 0.3) is 5.69 Å². The van der Waals surface area contributed by atoms with E-state index in [0.29, 0.717) is 0 Å². The second kappa shape index (κ2) is 6.17. The van der Waals surface area contributed by atoms with E-state index in [9.17, 15) is 14.9 Å². The Morgan fingerprint density at radius 1 is 1.21 bits per heavy atom. The molecular formula is C13H17N3O3. The zero-order chi connectivity index (χ0) is 13.7. The van der Waals surface area contributed by atoms with Gasteiger partial charge in [-0.2, -0.15) is 0 Å². The maximum absolute atomic E-state index is 11.9. The number of nitro benzene ring substituents is 1. The van der Waals surface area contributed by atoms with Crippen LogP contribution in [0.3, 0.4) is 0 Å². The van der Waals surface area contributed by atoms with Crippen molar-refractivity contribution >= 4 is 17.3 Å². The Bertz CT molecular complexity index is 453. The lowest BCUT2D eigenvalue weighted by Crippen LogP contribution is -2.39. The van der Waals surface area contributed by atoms with Crippen LogP contribution in [0.1, 0.15) is 19.3 Å². The van der Waals surface area contributed by atoms with Gasteiger partial charge in [0.2, 0.25) is 5.91 Å². The van der Waals surface area contributed by atoms with Crippen molar-refractivity contribution in [2.24, 2.45) is 0 Å². The van der Waals surface area contributed by atoms with Crippen LogP contribution in [-0.2, 0) is 4.79 Å². The third kappa shape index (κ3) is 3.67. The molecule has 0 aromatic heterocycles. The zero-order valence-electron chi connectivity index (χ0n) is 10.7. The first kappa shape index (κ1) is 13.3. The van der Waals surface area contributed by atoms with E-state index in [2.05, 4.69) is 5.32 Å². The van der Waals surface area contributed by atoms with Crippen LogP contribution in [0.5, 0.6) is 0 Å². The minimum absolute atomic E-state index is 0.0490. The van der Waals surface area contributed by atoms with Crippen LogP contribution in [-0.4, -0.2) is 35.4 Å². The first-order chi connectivity index (χ1) is 9.16. The molecule has 0 radical (unpaired) electrons. The number of amides is 1. The number of nitrogens with one attached hydrogen (secondary N) is 1. The van der Waals surface area contributed by atoms with E-state index >= 15 is 0 Å². The molecule has 2 rings (SSSR count). The number of benzene rings is 1. The van der Waals surface area contributed by atoms with E-state index in [0.717, 1.165) is 31.6 Å². The molecule has 6 heteroatoms. The molecule has 1 N–H and O–H groups in total. The van der Waals surface area contributed by atoms with Gasteiger partial charge in [-0.3, -0.25) is 14.9 Å². The van der Waals surface area contributed by atoms with Gasteiger partial charge in [0.1, 0.15) is 0 Å². The number of likely N-dealkylation sites (tertiary alicyclic amines) is 1. The van der Waals surface area contributed by atoms with Gasteiger partial charge in [0.05, 0.1) is 11.5 Å². The highest BCUT2D eigenvalue weighted by molar-refractivity contribution is 5.81. The Morgan fingerprint density at radius 3 is 2.42 bits per heavy atom. The predicted molar refractivity (Wildman–Crippen MR) is 72.0 cm³/mol. The lowest BCUT2D eigenvalue weighted by Gasteiger charge is -2.26. The summed E-state index contributed by atoms with van der Waals surface area (Å²) in [5.74, 6) is 0.0815. The molecule has 0 aliphatic carbocycles. The van der Waals surface area contributed by atoms with Crippen LogP contribution in [0.2, 0.25) is 0 Å². The number of nitro groups is 1. The third-order valence-corrected chi connectivity index (χ3v) is 3.23. The van der Waals surface area contributed by atoms with Crippen molar-refractivity contribution in [3.8, 4) is 0 Å². The lowest BCUT2D eigenvalue weighted by molar-refractivity contribution is -0.384. The van der Waals surface area contributed by atoms with Crippen molar-refractivity contribution in [1.29, 1.82) is 0 Å². The Balaban J connectivity index is 1.84. The fourth-order valence-electron chi connectivity index (χ4n) is 2.13. The molecule has 1 saturated heterocycles. The quantitative estimate of drug-likeness (QED) is 0.666. The summed E-state index contributed by atoms with van der Waals surface area (Å²) >= 11 is 0. The van der Waals surface area contributed by atoms with Crippen molar-refractivity contribution in [3.63, 3.8) is 0 Å². The van der Waals surface area contributed by atoms with E-state index in [1.54, 1.807) is 12.1 Å². The summed E-state index contributed by atoms with van der Waals surface area (Å²) < 4.78 is 0. The first-order valence-electron chi connectivity index (χ1n) is 6.43. The summed E-state index contributed by atoms with van der Waals surface area (Å²) in [6.07, 6.45) is 3.34. The number of anilines is 1. The van der Waals surface area contributed by atoms with Gasteiger partial charge in [-0.1, -0.05) is 0 Å². The van der Waals surface area contributed by atoms with E-state index in [1.807, 2.05) is 4.90 Å². The maximum atomic E-state index is 11.9. The Kier molecular flexibility index (Phi) is 4.33. The Labute approximate surface area is 111 Å². The summed E-state index contributed by atoms with van der Waals surface area (Å²) in [5.41, 5.74) is 0.767. The number of non-ortho nitro benzene ring substituents is 1. The number of carbonyl (C=O) groups excluding carboxylic acids is 1. The number of rotatable bonds is 4. The van der Waals surface area contributed by atoms with E-state index < -0.39 is 4.92 Å². The molecule has 1 heterocycles. The molecule has 0 bridgehead atoms. The first-order valence-corrected chi connectivity index (χ1v) is 6.43. The van der Waals surface area contributed by atoms with Gasteiger partial charge < -0.3 is 10.2 Å². The van der Waals surface area contributed by atoms with Gasteiger partial charge in [0, 0.05) is 30.9 Å². The molecule has 1 fully saturated rings. The number of piperidine rings is 1. The Morgan fingerprint density at radius 2 is 1.84 bits per heavy atom. The van der Waals surface area contributed by atoms with Gasteiger partial charge >= 0.3 is 0 Å². The van der Waals surface area contributed by atoms with Gasteiger partial charge in [-0.25, -0.2) is 0 Å². The van der Waals surface area contributed by atoms with Crippen molar-refractivity contribution in [2.75, 3.05) is 25.0 Å². The second-order valence-electron chi connectivity index (χ2n) is 4.60. The fraction of sp³-hybridized carbons (Fsp3) is 0.462. The van der Waals surface area contributed by atoms with E-state index in [-0.39, 0.29) is 18.1 Å². The summed E-state index contributed by atoms with van der Waals surface area (Å²) in [4.78, 5) is 23.8. The molecule has 0 spiro atoms. The van der Waals surface area contributed by atoms with Crippen LogP contribution < -0.4 is 5.32 Å². The smallest absolute Gasteiger partial charge is 0.269 e. The van der Waals surface area contributed by atoms with Gasteiger partial charge in [-0.05, 0) is 31.4 Å². The van der Waals surface area contributed by atoms with Crippen molar-refractivity contribution < 1.29 is 9.72 Å². The molecule has 1 aliphatic rings. The standard InChI is InChI=1S/C13H17N3O3/c17-13(15-8-2-1-3-9-15)10-14-11-4-6-12(7-5-11)16(18)19/h4-7,14H,1-3,8-10H2. The predicted octanol–water partition coefficient (Wildman–Crippen LogP) is 2.02. The van der Waals surface area contributed by atoms with Crippen LogP contribution in [0, 0.1) is 10.1 Å². The largest absolute Gasteiger partial charge is 0.376 e. The molecule has 1 aromatic carbocycles. The highest BCUT2D eigenvalue weighted by Crippen LogP contribution is 2.15. The number of hydrogen-bond donors (Lipinski definition) is 1. The second-order valence-corrected chi connectivity index (χ2v) is 4.60. The average molecular weight is 263 g/mol. The summed E-state index contributed by atoms with van der Waals surface area (Å²) in [6, 6.07) is 6.07. The van der Waals surface area contributed by atoms with Crippen molar-refractivity contribution in [2.45, 2.75) is 19.3 Å². The molecule has 1 amide bonds. The maximum Gasteiger partial charge on any atom is 0.269 e. The van der Waals surface area contributed by atoms with Crippen molar-refractivity contribution in [3.05, 3.63) is 34.4 Å². The molecular weight excluding hydrogens is 246 g/mol. The van der Waals surface area contributed by atoms with Crippen LogP contribution in [0.25, 0.3) is 0 Å². The van der Waals surface area contributed by atoms with Crippen molar-refractivity contribution in [1.82, 2.24) is 4.90 Å². The summed E-state index contributed by atoms with van der Waals surface area (Å²) in [5, 5.41) is 13.5. The minimum atomic E-state index is -0.442. The summed E-state index contributed by atoms with van der Waals surface area (Å²) in [7, 11) is 0. The highest BCUT2D eigenvalue weighted by Gasteiger charge is 2.15. The monoisotopic (exact) mass is 263 g/mol. The Hall–Kier alpha value is -2.11. The minimum Gasteiger partial charge on any atom is -0.376 e. The zero-order valence-corrected chi connectivity index (χ0v) is 10.7. The molecule has 1 aromatic rings. The number of carbonyl (C=O) groups is 1. The lowest BCUT2D eigenvalue weighted by atomic mass is 10.1. The molecule has 0 atom stereocenters. The molecule has 6 nitrogen and oxygen atoms in total. The third-order valence-electron chi connectivity index (χ3n) is 3.23. The van der Waals surface area contributed by atoms with Crippen LogP contribution in [0.15, 0.2) is 24.3 Å². The number of nitrogens with zero attached hydrogens (tertiary/aromatic N) is 2. The molecule has 102 valence electrons. The average Bonchev–Trinajstić information content (AvgIpc) is 2.46. The molecule has 19 heavy (non-hydrogen) atoms.